The fraction of sp³-hybridized carbons (Fsp3) is 0.333. The first-order valence-electron chi connectivity index (χ1n) is 8.55. The third-order valence-electron chi connectivity index (χ3n) is 4.13. The van der Waals surface area contributed by atoms with Crippen molar-refractivity contribution in [3.05, 3.63) is 58.4 Å². The molecule has 1 saturated heterocycles. The molecule has 1 amide bonds. The van der Waals surface area contributed by atoms with E-state index >= 15 is 0 Å². The summed E-state index contributed by atoms with van der Waals surface area (Å²) in [5.41, 5.74) is -0.510. The predicted octanol–water partition coefficient (Wildman–Crippen LogP) is 1.05. The summed E-state index contributed by atoms with van der Waals surface area (Å²) in [7, 11) is -4.02. The molecule has 0 spiro atoms. The zero-order chi connectivity index (χ0) is 20.3. The molecule has 0 aliphatic carbocycles. The molecule has 28 heavy (non-hydrogen) atoms. The molecule has 1 N–H and O–H groups in total. The normalized spacial score (nSPS) is 14.6. The van der Waals surface area contributed by atoms with Gasteiger partial charge in [0.2, 0.25) is 15.9 Å². The minimum Gasteiger partial charge on any atom is -0.486 e. The summed E-state index contributed by atoms with van der Waals surface area (Å²) in [5.74, 6) is -0.297. The number of ether oxygens (including phenoxy) is 1. The van der Waals surface area contributed by atoms with Crippen LogP contribution in [0.2, 0.25) is 0 Å². The lowest BCUT2D eigenvalue weighted by molar-refractivity contribution is -0.139. The second-order valence-electron chi connectivity index (χ2n) is 6.34. The van der Waals surface area contributed by atoms with E-state index in [4.69, 9.17) is 9.15 Å². The molecule has 2 aromatic rings. The summed E-state index contributed by atoms with van der Waals surface area (Å²) in [6.45, 7) is 2.15. The predicted molar refractivity (Wildman–Crippen MR) is 96.9 cm³/mol. The summed E-state index contributed by atoms with van der Waals surface area (Å²) >= 11 is 0. The van der Waals surface area contributed by atoms with Gasteiger partial charge in [-0.05, 0) is 19.1 Å². The number of hydrogen-bond donors (Lipinski definition) is 1. The first kappa shape index (κ1) is 20.0. The van der Waals surface area contributed by atoms with E-state index in [-0.39, 0.29) is 25.0 Å². The van der Waals surface area contributed by atoms with Gasteiger partial charge < -0.3 is 14.1 Å². The van der Waals surface area contributed by atoms with Crippen molar-refractivity contribution in [2.45, 2.75) is 24.3 Å². The SMILES string of the molecule is Cc1cc(OC2CN(C(=O)CCNS(=O)(=O)c3ccccc3F)C2)cc(=O)o1. The van der Waals surface area contributed by atoms with Crippen molar-refractivity contribution in [2.24, 2.45) is 0 Å². The monoisotopic (exact) mass is 410 g/mol. The maximum atomic E-state index is 13.6. The molecule has 1 aliphatic rings. The van der Waals surface area contributed by atoms with Gasteiger partial charge in [-0.15, -0.1) is 0 Å². The van der Waals surface area contributed by atoms with E-state index in [1.54, 1.807) is 13.0 Å². The number of nitrogens with zero attached hydrogens (tertiary/aromatic N) is 1. The first-order valence-corrected chi connectivity index (χ1v) is 10.0. The van der Waals surface area contributed by atoms with Crippen LogP contribution >= 0.6 is 0 Å². The zero-order valence-corrected chi connectivity index (χ0v) is 15.9. The summed E-state index contributed by atoms with van der Waals surface area (Å²) in [4.78, 5) is 24.5. The maximum absolute atomic E-state index is 13.6. The average Bonchev–Trinajstić information content (AvgIpc) is 2.56. The minimum atomic E-state index is -4.02. The number of rotatable bonds is 7. The number of amides is 1. The molecule has 0 radical (unpaired) electrons. The van der Waals surface area contributed by atoms with Crippen LogP contribution in [0.4, 0.5) is 4.39 Å². The van der Waals surface area contributed by atoms with E-state index < -0.39 is 26.4 Å². The molecule has 2 heterocycles. The van der Waals surface area contributed by atoms with Crippen LogP contribution in [0.3, 0.4) is 0 Å². The quantitative estimate of drug-likeness (QED) is 0.731. The Morgan fingerprint density at radius 1 is 1.32 bits per heavy atom. The molecule has 0 saturated carbocycles. The highest BCUT2D eigenvalue weighted by Crippen LogP contribution is 2.18. The molecule has 1 fully saturated rings. The van der Waals surface area contributed by atoms with Gasteiger partial charge in [-0.3, -0.25) is 4.79 Å². The van der Waals surface area contributed by atoms with Gasteiger partial charge in [0.25, 0.3) is 0 Å². The Balaban J connectivity index is 1.44. The highest BCUT2D eigenvalue weighted by Gasteiger charge is 2.32. The van der Waals surface area contributed by atoms with E-state index in [1.165, 1.54) is 23.1 Å². The van der Waals surface area contributed by atoms with Crippen molar-refractivity contribution in [2.75, 3.05) is 19.6 Å². The summed E-state index contributed by atoms with van der Waals surface area (Å²) in [6.07, 6.45) is -0.311. The fourth-order valence-corrected chi connectivity index (χ4v) is 3.85. The smallest absolute Gasteiger partial charge is 0.339 e. The van der Waals surface area contributed by atoms with Crippen molar-refractivity contribution in [3.8, 4) is 5.75 Å². The van der Waals surface area contributed by atoms with Crippen LogP contribution in [-0.4, -0.2) is 45.0 Å². The largest absolute Gasteiger partial charge is 0.486 e. The zero-order valence-electron chi connectivity index (χ0n) is 15.1. The number of sulfonamides is 1. The molecule has 8 nitrogen and oxygen atoms in total. The molecule has 1 aliphatic heterocycles. The Labute approximate surface area is 161 Å². The molecular weight excluding hydrogens is 391 g/mol. The Hall–Kier alpha value is -2.72. The van der Waals surface area contributed by atoms with Gasteiger partial charge in [-0.25, -0.2) is 22.3 Å². The third-order valence-corrected chi connectivity index (χ3v) is 5.62. The minimum absolute atomic E-state index is 0.0611. The van der Waals surface area contributed by atoms with Gasteiger partial charge >= 0.3 is 5.63 Å². The number of likely N-dealkylation sites (tertiary alicyclic amines) is 1. The van der Waals surface area contributed by atoms with Crippen LogP contribution in [0, 0.1) is 12.7 Å². The van der Waals surface area contributed by atoms with Crippen LogP contribution in [0.5, 0.6) is 5.75 Å². The van der Waals surface area contributed by atoms with Crippen LogP contribution in [0.1, 0.15) is 12.2 Å². The van der Waals surface area contributed by atoms with Gasteiger partial charge in [0.1, 0.15) is 28.3 Å². The van der Waals surface area contributed by atoms with Crippen molar-refractivity contribution in [3.63, 3.8) is 0 Å². The number of carbonyl (C=O) groups is 1. The Bertz CT molecular complexity index is 1030. The number of hydrogen-bond acceptors (Lipinski definition) is 6. The second-order valence-corrected chi connectivity index (χ2v) is 8.07. The van der Waals surface area contributed by atoms with Crippen molar-refractivity contribution in [1.82, 2.24) is 9.62 Å². The van der Waals surface area contributed by atoms with Gasteiger partial charge in [-0.2, -0.15) is 0 Å². The van der Waals surface area contributed by atoms with Crippen molar-refractivity contribution in [1.29, 1.82) is 0 Å². The standard InChI is InChI=1S/C18H19FN2O6S/c1-12-8-13(9-18(23)26-12)27-14-10-21(11-14)17(22)6-7-20-28(24,25)16-5-3-2-4-15(16)19/h2-5,8-9,14,20H,6-7,10-11H2,1H3. The molecular formula is C18H19FN2O6S. The number of halogens is 1. The van der Waals surface area contributed by atoms with Gasteiger partial charge in [-0.1, -0.05) is 12.1 Å². The van der Waals surface area contributed by atoms with Gasteiger partial charge in [0.15, 0.2) is 0 Å². The van der Waals surface area contributed by atoms with Crippen LogP contribution in [0.15, 0.2) is 50.5 Å². The lowest BCUT2D eigenvalue weighted by atomic mass is 10.1. The van der Waals surface area contributed by atoms with E-state index in [0.717, 1.165) is 12.1 Å². The number of nitrogens with one attached hydrogen (secondary N) is 1. The Kier molecular flexibility index (Phi) is 5.80. The molecule has 0 unspecified atom stereocenters. The lowest BCUT2D eigenvalue weighted by Gasteiger charge is -2.39. The summed E-state index contributed by atoms with van der Waals surface area (Å²) in [5, 5.41) is 0. The maximum Gasteiger partial charge on any atom is 0.339 e. The molecule has 0 atom stereocenters. The van der Waals surface area contributed by atoms with Crippen molar-refractivity contribution >= 4 is 15.9 Å². The third kappa shape index (κ3) is 4.76. The van der Waals surface area contributed by atoms with Crippen LogP contribution < -0.4 is 15.1 Å². The van der Waals surface area contributed by atoms with E-state index in [9.17, 15) is 22.4 Å². The molecule has 1 aromatic carbocycles. The topological polar surface area (TPSA) is 106 Å². The Morgan fingerprint density at radius 2 is 2.04 bits per heavy atom. The van der Waals surface area contributed by atoms with E-state index in [1.807, 2.05) is 0 Å². The van der Waals surface area contributed by atoms with Gasteiger partial charge in [0, 0.05) is 19.0 Å². The highest BCUT2D eigenvalue weighted by atomic mass is 32.2. The molecule has 0 bridgehead atoms. The number of carbonyl (C=O) groups excluding carboxylic acids is 1. The lowest BCUT2D eigenvalue weighted by Crippen LogP contribution is -2.56. The van der Waals surface area contributed by atoms with Gasteiger partial charge in [0.05, 0.1) is 19.2 Å². The molecule has 150 valence electrons. The number of benzene rings is 1. The fourth-order valence-electron chi connectivity index (χ4n) is 2.74. The second kappa shape index (κ2) is 8.11. The summed E-state index contributed by atoms with van der Waals surface area (Å²) in [6, 6.07) is 7.84. The Morgan fingerprint density at radius 3 is 2.71 bits per heavy atom. The highest BCUT2D eigenvalue weighted by molar-refractivity contribution is 7.89. The van der Waals surface area contributed by atoms with E-state index in [0.29, 0.717) is 24.6 Å². The average molecular weight is 410 g/mol. The van der Waals surface area contributed by atoms with Crippen LogP contribution in [-0.2, 0) is 14.8 Å². The van der Waals surface area contributed by atoms with Crippen molar-refractivity contribution < 1.29 is 26.8 Å². The number of aryl methyl sites for hydroxylation is 1. The van der Waals surface area contributed by atoms with E-state index in [2.05, 4.69) is 4.72 Å². The molecule has 1 aromatic heterocycles. The van der Waals surface area contributed by atoms with Crippen LogP contribution in [0.25, 0.3) is 0 Å². The summed E-state index contributed by atoms with van der Waals surface area (Å²) < 4.78 is 50.4. The first-order chi connectivity index (χ1) is 13.2. The molecule has 3 rings (SSSR count). The molecule has 10 heteroatoms.